The predicted octanol–water partition coefficient (Wildman–Crippen LogP) is 0.703. The molecule has 0 unspecified atom stereocenters. The molecule has 0 aliphatic heterocycles. The predicted molar refractivity (Wildman–Crippen MR) is 117 cm³/mol. The number of nitrogens with zero attached hydrogens (tertiary/aromatic N) is 3. The fourth-order valence-electron chi connectivity index (χ4n) is 2.94. The van der Waals surface area contributed by atoms with E-state index in [-0.39, 0.29) is 29.4 Å². The molecule has 0 atom stereocenters. The first kappa shape index (κ1) is 22.6. The molecule has 0 spiro atoms. The summed E-state index contributed by atoms with van der Waals surface area (Å²) in [6.45, 7) is 0.826. The zero-order valence-corrected chi connectivity index (χ0v) is 17.2. The van der Waals surface area contributed by atoms with Gasteiger partial charge in [0.1, 0.15) is 0 Å². The number of H-pyrrole nitrogens is 1. The lowest BCUT2D eigenvalue weighted by atomic mass is 10.1. The van der Waals surface area contributed by atoms with Gasteiger partial charge in [0, 0.05) is 24.2 Å². The molecule has 7 N–H and O–H groups in total. The van der Waals surface area contributed by atoms with Crippen LogP contribution >= 0.6 is 0 Å². The van der Waals surface area contributed by atoms with Crippen LogP contribution < -0.4 is 27.4 Å². The SMILES string of the molecule is Nc1nc2ncc(CNc3ccc(C(=O)NCCCCCC(=O)NO)cc3)nc2c(=O)[nH]1. The molecule has 32 heavy (non-hydrogen) atoms. The van der Waals surface area contributed by atoms with Crippen molar-refractivity contribution < 1.29 is 14.8 Å². The Bertz CT molecular complexity index is 1150. The highest BCUT2D eigenvalue weighted by Gasteiger charge is 2.08. The Hall–Kier alpha value is -4.06. The molecule has 3 aromatic rings. The lowest BCUT2D eigenvalue weighted by molar-refractivity contribution is -0.129. The number of fused-ring (bicyclic) bond motifs is 1. The molecule has 0 fully saturated rings. The van der Waals surface area contributed by atoms with Crippen LogP contribution in [0, 0.1) is 0 Å². The molecule has 12 heteroatoms. The van der Waals surface area contributed by atoms with Crippen molar-refractivity contribution in [1.29, 1.82) is 0 Å². The number of hydrogen-bond donors (Lipinski definition) is 6. The third kappa shape index (κ3) is 6.22. The van der Waals surface area contributed by atoms with Crippen molar-refractivity contribution in [3.63, 3.8) is 0 Å². The van der Waals surface area contributed by atoms with Crippen molar-refractivity contribution in [2.24, 2.45) is 0 Å². The van der Waals surface area contributed by atoms with E-state index in [2.05, 4.69) is 30.6 Å². The summed E-state index contributed by atoms with van der Waals surface area (Å²) in [6, 6.07) is 6.94. The highest BCUT2D eigenvalue weighted by Crippen LogP contribution is 2.12. The van der Waals surface area contributed by atoms with Crippen LogP contribution in [0.1, 0.15) is 41.7 Å². The van der Waals surface area contributed by atoms with Crippen LogP contribution in [0.25, 0.3) is 11.2 Å². The maximum absolute atomic E-state index is 12.2. The zero-order chi connectivity index (χ0) is 22.9. The number of nitrogen functional groups attached to an aromatic ring is 1. The molecule has 2 aromatic heterocycles. The molecule has 2 heterocycles. The van der Waals surface area contributed by atoms with E-state index >= 15 is 0 Å². The van der Waals surface area contributed by atoms with E-state index in [1.807, 2.05) is 0 Å². The third-order valence-corrected chi connectivity index (χ3v) is 4.60. The Morgan fingerprint density at radius 2 is 1.88 bits per heavy atom. The summed E-state index contributed by atoms with van der Waals surface area (Å²) in [4.78, 5) is 49.7. The summed E-state index contributed by atoms with van der Waals surface area (Å²) in [5.74, 6) is -0.610. The molecule has 2 amide bonds. The fraction of sp³-hybridized carbons (Fsp3) is 0.300. The van der Waals surface area contributed by atoms with Gasteiger partial charge < -0.3 is 16.4 Å². The second-order valence-electron chi connectivity index (χ2n) is 7.02. The quantitative estimate of drug-likeness (QED) is 0.150. The highest BCUT2D eigenvalue weighted by atomic mass is 16.5. The number of hydroxylamine groups is 1. The minimum atomic E-state index is -0.451. The number of nitrogens with one attached hydrogen (secondary N) is 4. The summed E-state index contributed by atoms with van der Waals surface area (Å²) in [5, 5.41) is 14.4. The summed E-state index contributed by atoms with van der Waals surface area (Å²) >= 11 is 0. The van der Waals surface area contributed by atoms with Crippen molar-refractivity contribution in [3.05, 3.63) is 52.1 Å². The van der Waals surface area contributed by atoms with Crippen molar-refractivity contribution >= 4 is 34.6 Å². The van der Waals surface area contributed by atoms with Gasteiger partial charge in [-0.05, 0) is 37.1 Å². The van der Waals surface area contributed by atoms with E-state index in [4.69, 9.17) is 10.9 Å². The summed E-state index contributed by atoms with van der Waals surface area (Å²) in [5.41, 5.74) is 8.77. The lowest BCUT2D eigenvalue weighted by Crippen LogP contribution is -2.24. The normalized spacial score (nSPS) is 10.7. The van der Waals surface area contributed by atoms with E-state index in [0.717, 1.165) is 18.5 Å². The van der Waals surface area contributed by atoms with E-state index < -0.39 is 11.5 Å². The number of rotatable bonds is 10. The van der Waals surface area contributed by atoms with Crippen LogP contribution in [-0.4, -0.2) is 43.5 Å². The van der Waals surface area contributed by atoms with Gasteiger partial charge in [0.05, 0.1) is 18.4 Å². The summed E-state index contributed by atoms with van der Waals surface area (Å²) in [6.07, 6.45) is 3.92. The zero-order valence-electron chi connectivity index (χ0n) is 17.2. The first-order valence-electron chi connectivity index (χ1n) is 10.0. The van der Waals surface area contributed by atoms with Gasteiger partial charge in [-0.15, -0.1) is 0 Å². The molecule has 0 saturated heterocycles. The molecule has 0 saturated carbocycles. The maximum Gasteiger partial charge on any atom is 0.280 e. The number of unbranched alkanes of at least 4 members (excludes halogenated alkanes) is 2. The number of aromatic amines is 1. The van der Waals surface area contributed by atoms with Crippen LogP contribution in [0.3, 0.4) is 0 Å². The van der Waals surface area contributed by atoms with Gasteiger partial charge in [-0.1, -0.05) is 6.42 Å². The lowest BCUT2D eigenvalue weighted by Gasteiger charge is -2.08. The summed E-state index contributed by atoms with van der Waals surface area (Å²) < 4.78 is 0. The Morgan fingerprint density at radius 3 is 2.62 bits per heavy atom. The van der Waals surface area contributed by atoms with Crippen molar-refractivity contribution in [1.82, 2.24) is 30.7 Å². The van der Waals surface area contributed by atoms with Gasteiger partial charge in [0.15, 0.2) is 11.2 Å². The number of carbonyl (C=O) groups excluding carboxylic acids is 2. The number of amides is 2. The van der Waals surface area contributed by atoms with E-state index in [1.54, 1.807) is 29.7 Å². The van der Waals surface area contributed by atoms with Crippen LogP contribution in [0.2, 0.25) is 0 Å². The molecule has 1 aromatic carbocycles. The number of hydrogen-bond acceptors (Lipinski definition) is 9. The molecule has 0 bridgehead atoms. The second-order valence-corrected chi connectivity index (χ2v) is 7.02. The van der Waals surface area contributed by atoms with Crippen LogP contribution in [0.5, 0.6) is 0 Å². The second kappa shape index (κ2) is 10.8. The standard InChI is InChI=1S/C20H24N8O4/c21-20-26-17-16(19(31)27-20)25-14(11-24-17)10-23-13-7-5-12(6-8-13)18(30)22-9-3-1-2-4-15(29)28-32/h5-8,11,23,32H,1-4,9-10H2,(H,22,30)(H,28,29)(H3,21,24,26,27,31). The Balaban J connectivity index is 1.46. The molecular formula is C20H24N8O4. The average molecular weight is 440 g/mol. The number of carbonyl (C=O) groups is 2. The number of nitrogens with two attached hydrogens (primary N) is 1. The molecule has 3 rings (SSSR count). The average Bonchev–Trinajstić information content (AvgIpc) is 2.80. The van der Waals surface area contributed by atoms with Crippen LogP contribution in [0.4, 0.5) is 11.6 Å². The molecule has 0 radical (unpaired) electrons. The Labute approximate surface area is 182 Å². The van der Waals surface area contributed by atoms with Gasteiger partial charge in [0.2, 0.25) is 11.9 Å². The number of anilines is 2. The number of aromatic nitrogens is 4. The fourth-order valence-corrected chi connectivity index (χ4v) is 2.94. The third-order valence-electron chi connectivity index (χ3n) is 4.60. The smallest absolute Gasteiger partial charge is 0.280 e. The van der Waals surface area contributed by atoms with E-state index in [0.29, 0.717) is 30.8 Å². The van der Waals surface area contributed by atoms with Gasteiger partial charge in [-0.2, -0.15) is 4.98 Å². The van der Waals surface area contributed by atoms with E-state index in [1.165, 1.54) is 6.20 Å². The Morgan fingerprint density at radius 1 is 1.09 bits per heavy atom. The largest absolute Gasteiger partial charge is 0.379 e. The Kier molecular flexibility index (Phi) is 7.65. The molecular weight excluding hydrogens is 416 g/mol. The van der Waals surface area contributed by atoms with Gasteiger partial charge >= 0.3 is 0 Å². The van der Waals surface area contributed by atoms with Crippen molar-refractivity contribution in [2.75, 3.05) is 17.6 Å². The molecule has 12 nitrogen and oxygen atoms in total. The van der Waals surface area contributed by atoms with E-state index in [9.17, 15) is 14.4 Å². The van der Waals surface area contributed by atoms with Gasteiger partial charge in [-0.25, -0.2) is 15.4 Å². The van der Waals surface area contributed by atoms with Crippen LogP contribution in [-0.2, 0) is 11.3 Å². The number of benzene rings is 1. The first-order chi connectivity index (χ1) is 15.5. The van der Waals surface area contributed by atoms with Gasteiger partial charge in [-0.3, -0.25) is 24.6 Å². The topological polar surface area (TPSA) is 188 Å². The highest BCUT2D eigenvalue weighted by molar-refractivity contribution is 5.94. The molecule has 168 valence electrons. The van der Waals surface area contributed by atoms with Gasteiger partial charge in [0.25, 0.3) is 11.5 Å². The maximum atomic E-state index is 12.2. The molecule has 0 aliphatic carbocycles. The van der Waals surface area contributed by atoms with Crippen LogP contribution in [0.15, 0.2) is 35.3 Å². The van der Waals surface area contributed by atoms with Crippen molar-refractivity contribution in [3.8, 4) is 0 Å². The summed E-state index contributed by atoms with van der Waals surface area (Å²) in [7, 11) is 0. The monoisotopic (exact) mass is 440 g/mol. The molecule has 0 aliphatic rings. The minimum Gasteiger partial charge on any atom is -0.379 e. The van der Waals surface area contributed by atoms with Crippen molar-refractivity contribution in [2.45, 2.75) is 32.2 Å². The first-order valence-corrected chi connectivity index (χ1v) is 10.0. The minimum absolute atomic E-state index is 0.0149.